The molecule has 1 saturated heterocycles. The highest BCUT2D eigenvalue weighted by Gasteiger charge is 2.46. The Balaban J connectivity index is 1.72. The zero-order valence-corrected chi connectivity index (χ0v) is 18.1. The molecule has 4 rings (SSSR count). The molecule has 1 atom stereocenters. The van der Waals surface area contributed by atoms with Crippen molar-refractivity contribution >= 4 is 29.1 Å². The summed E-state index contributed by atoms with van der Waals surface area (Å²) < 4.78 is 7.11. The summed E-state index contributed by atoms with van der Waals surface area (Å²) in [5, 5.41) is 11.4. The molecule has 3 aromatic rings. The second-order valence-electron chi connectivity index (χ2n) is 7.33. The number of amides is 1. The number of halogens is 1. The standard InChI is InChI=1S/C23H21ClN4O4/c1-32-18-6-5-15(12-17(18)24)21(29)19-20(16-4-2-7-25-13-16)28(23(31)22(19)30)10-3-9-27-11-8-26-14-27/h2,4-8,11-14,20H,3,9-10H2,1H3,(H,29,30)/p+1. The van der Waals surface area contributed by atoms with Crippen molar-refractivity contribution in [1.82, 2.24) is 14.9 Å². The minimum Gasteiger partial charge on any atom is -0.507 e. The molecule has 1 amide bonds. The summed E-state index contributed by atoms with van der Waals surface area (Å²) in [5.74, 6) is -1.24. The normalized spacial score (nSPS) is 17.7. The Morgan fingerprint density at radius 2 is 2.19 bits per heavy atom. The van der Waals surface area contributed by atoms with Gasteiger partial charge in [0, 0.05) is 30.9 Å². The molecule has 164 valence electrons. The summed E-state index contributed by atoms with van der Waals surface area (Å²) in [6.45, 7) is 1.00. The van der Waals surface area contributed by atoms with E-state index in [1.54, 1.807) is 36.7 Å². The van der Waals surface area contributed by atoms with Gasteiger partial charge >= 0.3 is 0 Å². The molecule has 1 aromatic carbocycles. The summed E-state index contributed by atoms with van der Waals surface area (Å²) in [6, 6.07) is 7.46. The molecule has 0 spiro atoms. The fraction of sp³-hybridized carbons (Fsp3) is 0.217. The van der Waals surface area contributed by atoms with E-state index in [9.17, 15) is 14.7 Å². The number of aryl methyl sites for hydroxylation is 1. The minimum absolute atomic E-state index is 0.0125. The van der Waals surface area contributed by atoms with E-state index in [2.05, 4.69) is 9.97 Å². The molecule has 0 aliphatic carbocycles. The van der Waals surface area contributed by atoms with Crippen molar-refractivity contribution in [3.05, 3.63) is 83.2 Å². The smallest absolute Gasteiger partial charge is 0.295 e. The molecule has 2 aromatic heterocycles. The molecule has 1 aliphatic heterocycles. The molecule has 9 heteroatoms. The van der Waals surface area contributed by atoms with Crippen LogP contribution in [0.15, 0.2) is 67.0 Å². The van der Waals surface area contributed by atoms with E-state index in [4.69, 9.17) is 16.3 Å². The van der Waals surface area contributed by atoms with Crippen LogP contribution in [-0.4, -0.2) is 45.3 Å². The number of aromatic amines is 1. The number of carbonyl (C=O) groups is 2. The highest BCUT2D eigenvalue weighted by atomic mass is 35.5. The number of likely N-dealkylation sites (tertiary alicyclic amines) is 1. The van der Waals surface area contributed by atoms with Gasteiger partial charge in [-0.2, -0.15) is 0 Å². The molecule has 2 N–H and O–H groups in total. The average Bonchev–Trinajstić information content (AvgIpc) is 3.41. The molecule has 0 saturated carbocycles. The Hall–Kier alpha value is -3.65. The number of hydrogen-bond acceptors (Lipinski definition) is 5. The van der Waals surface area contributed by atoms with Gasteiger partial charge in [-0.3, -0.25) is 19.6 Å². The molecule has 1 fully saturated rings. The fourth-order valence-electron chi connectivity index (χ4n) is 3.85. The zero-order chi connectivity index (χ0) is 22.7. The first-order valence-corrected chi connectivity index (χ1v) is 10.4. The molecule has 3 heterocycles. The number of aromatic nitrogens is 3. The fourth-order valence-corrected chi connectivity index (χ4v) is 4.11. The molecule has 32 heavy (non-hydrogen) atoms. The number of ketones is 1. The molecule has 0 bridgehead atoms. The maximum absolute atomic E-state index is 13.0. The van der Waals surface area contributed by atoms with Crippen LogP contribution in [0.5, 0.6) is 5.75 Å². The third-order valence-corrected chi connectivity index (χ3v) is 5.68. The molecular weight excluding hydrogens is 432 g/mol. The van der Waals surface area contributed by atoms with Crippen molar-refractivity contribution in [1.29, 1.82) is 0 Å². The SMILES string of the molecule is COc1ccc(/C(O)=C2\C(=O)C(=O)N(CCC[n+]3cc[nH]c3)C2c2cccnc2)cc1Cl. The number of aliphatic hydroxyl groups excluding tert-OH is 1. The number of ether oxygens (including phenoxy) is 1. The van der Waals surface area contributed by atoms with Crippen LogP contribution in [0.4, 0.5) is 0 Å². The summed E-state index contributed by atoms with van der Waals surface area (Å²) in [5.41, 5.74) is 0.978. The first kappa shape index (κ1) is 21.6. The zero-order valence-electron chi connectivity index (χ0n) is 17.4. The van der Waals surface area contributed by atoms with Crippen molar-refractivity contribution < 1.29 is 24.0 Å². The molecule has 1 aliphatic rings. The number of carbonyl (C=O) groups excluding carboxylic acids is 2. The van der Waals surface area contributed by atoms with Crippen molar-refractivity contribution in [2.75, 3.05) is 13.7 Å². The number of pyridine rings is 1. The van der Waals surface area contributed by atoms with Gasteiger partial charge < -0.3 is 14.7 Å². The molecule has 1 unspecified atom stereocenters. The average molecular weight is 454 g/mol. The number of benzene rings is 1. The monoisotopic (exact) mass is 453 g/mol. The lowest BCUT2D eigenvalue weighted by Crippen LogP contribution is -2.36. The lowest BCUT2D eigenvalue weighted by molar-refractivity contribution is -0.695. The van der Waals surface area contributed by atoms with Crippen molar-refractivity contribution in [3.63, 3.8) is 0 Å². The van der Waals surface area contributed by atoms with E-state index < -0.39 is 17.7 Å². The lowest BCUT2D eigenvalue weighted by Gasteiger charge is -2.24. The molecule has 8 nitrogen and oxygen atoms in total. The molecule has 0 radical (unpaired) electrons. The quantitative estimate of drug-likeness (QED) is 0.248. The van der Waals surface area contributed by atoms with Crippen molar-refractivity contribution in [3.8, 4) is 5.75 Å². The van der Waals surface area contributed by atoms with E-state index in [0.29, 0.717) is 36.4 Å². The largest absolute Gasteiger partial charge is 0.507 e. The lowest BCUT2D eigenvalue weighted by atomic mass is 9.96. The highest BCUT2D eigenvalue weighted by molar-refractivity contribution is 6.46. The van der Waals surface area contributed by atoms with E-state index in [-0.39, 0.29) is 16.4 Å². The van der Waals surface area contributed by atoms with E-state index in [1.807, 2.05) is 23.3 Å². The van der Waals surface area contributed by atoms with Gasteiger partial charge in [0.25, 0.3) is 11.7 Å². The third-order valence-electron chi connectivity index (χ3n) is 5.38. The summed E-state index contributed by atoms with van der Waals surface area (Å²) in [6.07, 6.45) is 9.35. The Kier molecular flexibility index (Phi) is 6.23. The van der Waals surface area contributed by atoms with Gasteiger partial charge in [-0.15, -0.1) is 0 Å². The van der Waals surface area contributed by atoms with Gasteiger partial charge in [0.05, 0.1) is 30.3 Å². The predicted molar refractivity (Wildman–Crippen MR) is 117 cm³/mol. The third kappa shape index (κ3) is 4.09. The van der Waals surface area contributed by atoms with E-state index in [1.165, 1.54) is 18.1 Å². The van der Waals surface area contributed by atoms with Gasteiger partial charge in [0.2, 0.25) is 6.33 Å². The van der Waals surface area contributed by atoms with Crippen LogP contribution in [-0.2, 0) is 16.1 Å². The number of imidazole rings is 1. The van der Waals surface area contributed by atoms with Crippen molar-refractivity contribution in [2.24, 2.45) is 0 Å². The van der Waals surface area contributed by atoms with Crippen LogP contribution in [0.25, 0.3) is 5.76 Å². The number of nitrogens with one attached hydrogen (secondary N) is 1. The maximum Gasteiger partial charge on any atom is 0.295 e. The van der Waals surface area contributed by atoms with Gasteiger partial charge in [-0.05, 0) is 29.8 Å². The van der Waals surface area contributed by atoms with Gasteiger partial charge in [-0.25, -0.2) is 4.57 Å². The summed E-state index contributed by atoms with van der Waals surface area (Å²) in [7, 11) is 1.49. The highest BCUT2D eigenvalue weighted by Crippen LogP contribution is 2.40. The topological polar surface area (TPSA) is 99.4 Å². The van der Waals surface area contributed by atoms with Crippen LogP contribution in [0, 0.1) is 0 Å². The van der Waals surface area contributed by atoms with Crippen LogP contribution >= 0.6 is 11.6 Å². The number of H-pyrrole nitrogens is 1. The molecular formula is C23H22ClN4O4+. The van der Waals surface area contributed by atoms with Gasteiger partial charge in [0.15, 0.2) is 0 Å². The minimum atomic E-state index is -0.749. The number of hydrogen-bond donors (Lipinski definition) is 2. The number of methoxy groups -OCH3 is 1. The van der Waals surface area contributed by atoms with Crippen LogP contribution in [0.3, 0.4) is 0 Å². The van der Waals surface area contributed by atoms with Crippen molar-refractivity contribution in [2.45, 2.75) is 19.0 Å². The van der Waals surface area contributed by atoms with Gasteiger partial charge in [-0.1, -0.05) is 17.7 Å². The van der Waals surface area contributed by atoms with E-state index >= 15 is 0 Å². The predicted octanol–water partition coefficient (Wildman–Crippen LogP) is 2.87. The Morgan fingerprint density at radius 1 is 1.34 bits per heavy atom. The van der Waals surface area contributed by atoms with Gasteiger partial charge in [0.1, 0.15) is 23.9 Å². The Morgan fingerprint density at radius 3 is 2.84 bits per heavy atom. The first-order valence-electron chi connectivity index (χ1n) is 10.1. The number of aliphatic hydroxyl groups is 1. The first-order chi connectivity index (χ1) is 15.5. The van der Waals surface area contributed by atoms with E-state index in [0.717, 1.165) is 0 Å². The second-order valence-corrected chi connectivity index (χ2v) is 7.74. The summed E-state index contributed by atoms with van der Waals surface area (Å²) in [4.78, 5) is 34.6. The summed E-state index contributed by atoms with van der Waals surface area (Å²) >= 11 is 6.21. The number of nitrogens with zero attached hydrogens (tertiary/aromatic N) is 3. The van der Waals surface area contributed by atoms with Crippen LogP contribution in [0.1, 0.15) is 23.6 Å². The Bertz CT molecular complexity index is 1160. The number of Topliss-reactive ketones (excluding diaryl/α,β-unsaturated/α-hetero) is 1. The number of rotatable bonds is 7. The second kappa shape index (κ2) is 9.23. The maximum atomic E-state index is 13.0. The van der Waals surface area contributed by atoms with Crippen LogP contribution < -0.4 is 9.30 Å². The van der Waals surface area contributed by atoms with Crippen LogP contribution in [0.2, 0.25) is 5.02 Å². The Labute approximate surface area is 189 Å².